The third kappa shape index (κ3) is 4.90. The van der Waals surface area contributed by atoms with E-state index in [1.807, 2.05) is 39.0 Å². The number of amides is 1. The van der Waals surface area contributed by atoms with Crippen LogP contribution in [-0.4, -0.2) is 24.8 Å². The fraction of sp³-hybridized carbons (Fsp3) is 0.562. The average Bonchev–Trinajstić information content (AvgIpc) is 2.40. The summed E-state index contributed by atoms with van der Waals surface area (Å²) in [6.07, 6.45) is 1.73. The van der Waals surface area contributed by atoms with E-state index in [1.165, 1.54) is 5.56 Å². The second-order valence-electron chi connectivity index (χ2n) is 6.39. The summed E-state index contributed by atoms with van der Waals surface area (Å²) in [6, 6.07) is 5.84. The summed E-state index contributed by atoms with van der Waals surface area (Å²) < 4.78 is 5.26. The zero-order valence-electron chi connectivity index (χ0n) is 12.8. The Kier molecular flexibility index (Phi) is 5.12. The number of anilines is 1. The first-order chi connectivity index (χ1) is 9.85. The minimum absolute atomic E-state index is 0.480. The highest BCUT2D eigenvalue weighted by Crippen LogP contribution is 2.31. The topological polar surface area (TPSA) is 50.4 Å². The number of carbonyl (C=O) groups is 1. The van der Waals surface area contributed by atoms with Crippen molar-refractivity contribution in [2.24, 2.45) is 0 Å². The van der Waals surface area contributed by atoms with Crippen LogP contribution in [0.1, 0.15) is 45.1 Å². The highest BCUT2D eigenvalue weighted by Gasteiger charge is 2.19. The summed E-state index contributed by atoms with van der Waals surface area (Å²) in [5.41, 5.74) is 1.30. The molecule has 1 aromatic carbocycles. The molecule has 0 saturated carbocycles. The van der Waals surface area contributed by atoms with E-state index in [0.717, 1.165) is 25.9 Å². The smallest absolute Gasteiger partial charge is 0.412 e. The molecule has 1 aromatic rings. The van der Waals surface area contributed by atoms with E-state index in [1.54, 1.807) is 0 Å². The van der Waals surface area contributed by atoms with Crippen molar-refractivity contribution in [3.63, 3.8) is 0 Å². The molecule has 0 radical (unpaired) electrons. The predicted octanol–water partition coefficient (Wildman–Crippen LogP) is 4.15. The van der Waals surface area contributed by atoms with Gasteiger partial charge in [0, 0.05) is 0 Å². The van der Waals surface area contributed by atoms with Crippen molar-refractivity contribution in [3.8, 4) is 0 Å². The zero-order chi connectivity index (χ0) is 15.5. The van der Waals surface area contributed by atoms with Crippen molar-refractivity contribution in [1.82, 2.24) is 5.32 Å². The molecule has 1 amide bonds. The van der Waals surface area contributed by atoms with Gasteiger partial charge in [0.05, 0.1) is 10.7 Å². The van der Waals surface area contributed by atoms with Crippen LogP contribution in [0.3, 0.4) is 0 Å². The summed E-state index contributed by atoms with van der Waals surface area (Å²) in [4.78, 5) is 11.9. The van der Waals surface area contributed by atoms with Gasteiger partial charge in [-0.1, -0.05) is 17.7 Å². The molecule has 2 rings (SSSR count). The van der Waals surface area contributed by atoms with E-state index in [-0.39, 0.29) is 0 Å². The molecule has 1 aliphatic heterocycles. The monoisotopic (exact) mass is 310 g/mol. The maximum Gasteiger partial charge on any atom is 0.412 e. The summed E-state index contributed by atoms with van der Waals surface area (Å²) >= 11 is 6.17. The maximum absolute atomic E-state index is 11.9. The van der Waals surface area contributed by atoms with E-state index in [9.17, 15) is 4.79 Å². The number of nitrogens with one attached hydrogen (secondary N) is 2. The summed E-state index contributed by atoms with van der Waals surface area (Å²) in [6.45, 7) is 7.56. The summed E-state index contributed by atoms with van der Waals surface area (Å²) in [7, 11) is 0. The lowest BCUT2D eigenvalue weighted by Crippen LogP contribution is -2.28. The van der Waals surface area contributed by atoms with E-state index >= 15 is 0 Å². The standard InChI is InChI=1S/C16H23ClN2O2/c1-16(2,3)21-15(20)19-14-10-12(4-5-13(14)17)11-6-8-18-9-7-11/h4-5,10-11,18H,6-9H2,1-3H3,(H,19,20). The van der Waals surface area contributed by atoms with Crippen LogP contribution >= 0.6 is 11.6 Å². The summed E-state index contributed by atoms with van der Waals surface area (Å²) in [5, 5.41) is 6.62. The molecule has 0 unspecified atom stereocenters. The lowest BCUT2D eigenvalue weighted by molar-refractivity contribution is 0.0636. The van der Waals surface area contributed by atoms with E-state index < -0.39 is 11.7 Å². The fourth-order valence-electron chi connectivity index (χ4n) is 2.46. The van der Waals surface area contributed by atoms with Crippen LogP contribution in [0.2, 0.25) is 5.02 Å². The Morgan fingerprint density at radius 3 is 2.62 bits per heavy atom. The lowest BCUT2D eigenvalue weighted by atomic mass is 9.90. The zero-order valence-corrected chi connectivity index (χ0v) is 13.6. The molecule has 2 N–H and O–H groups in total. The third-order valence-electron chi connectivity index (χ3n) is 3.44. The second kappa shape index (κ2) is 6.67. The number of ether oxygens (including phenoxy) is 1. The largest absolute Gasteiger partial charge is 0.444 e. The molecule has 1 fully saturated rings. The van der Waals surface area contributed by atoms with Gasteiger partial charge < -0.3 is 10.1 Å². The van der Waals surface area contributed by atoms with Gasteiger partial charge in [0.25, 0.3) is 0 Å². The quantitative estimate of drug-likeness (QED) is 0.862. The minimum atomic E-state index is -0.525. The van der Waals surface area contributed by atoms with Gasteiger partial charge in [0.1, 0.15) is 5.60 Å². The highest BCUT2D eigenvalue weighted by molar-refractivity contribution is 6.33. The Morgan fingerprint density at radius 2 is 2.00 bits per heavy atom. The van der Waals surface area contributed by atoms with Crippen LogP contribution in [0.5, 0.6) is 0 Å². The van der Waals surface area contributed by atoms with Gasteiger partial charge in [0.2, 0.25) is 0 Å². The Labute approximate surface area is 131 Å². The Bertz CT molecular complexity index is 505. The Hall–Kier alpha value is -1.26. The number of piperidine rings is 1. The van der Waals surface area contributed by atoms with Gasteiger partial charge in [-0.3, -0.25) is 5.32 Å². The van der Waals surface area contributed by atoms with Crippen LogP contribution in [0.4, 0.5) is 10.5 Å². The van der Waals surface area contributed by atoms with Gasteiger partial charge in [-0.15, -0.1) is 0 Å². The highest BCUT2D eigenvalue weighted by atomic mass is 35.5. The molecule has 1 heterocycles. The van der Waals surface area contributed by atoms with Crippen LogP contribution < -0.4 is 10.6 Å². The van der Waals surface area contributed by atoms with Crippen LogP contribution in [0.25, 0.3) is 0 Å². The molecule has 0 bridgehead atoms. The molecule has 1 aliphatic rings. The number of hydrogen-bond donors (Lipinski definition) is 2. The van der Waals surface area contributed by atoms with Crippen molar-refractivity contribution in [1.29, 1.82) is 0 Å². The molecular weight excluding hydrogens is 288 g/mol. The van der Waals surface area contributed by atoms with Crippen LogP contribution in [0, 0.1) is 0 Å². The molecule has 0 aliphatic carbocycles. The van der Waals surface area contributed by atoms with Crippen LogP contribution in [-0.2, 0) is 4.74 Å². The molecule has 21 heavy (non-hydrogen) atoms. The van der Waals surface area contributed by atoms with Crippen molar-refractivity contribution >= 4 is 23.4 Å². The molecule has 0 spiro atoms. The maximum atomic E-state index is 11.9. The number of rotatable bonds is 2. The first-order valence-electron chi connectivity index (χ1n) is 7.35. The lowest BCUT2D eigenvalue weighted by Gasteiger charge is -2.24. The Balaban J connectivity index is 2.10. The second-order valence-corrected chi connectivity index (χ2v) is 6.80. The summed E-state index contributed by atoms with van der Waals surface area (Å²) in [5.74, 6) is 0.516. The first-order valence-corrected chi connectivity index (χ1v) is 7.73. The van der Waals surface area contributed by atoms with E-state index in [4.69, 9.17) is 16.3 Å². The molecule has 0 aromatic heterocycles. The molecule has 4 nitrogen and oxygen atoms in total. The predicted molar refractivity (Wildman–Crippen MR) is 86.2 cm³/mol. The molecule has 5 heteroatoms. The third-order valence-corrected chi connectivity index (χ3v) is 3.77. The van der Waals surface area contributed by atoms with Crippen molar-refractivity contribution in [3.05, 3.63) is 28.8 Å². The molecular formula is C16H23ClN2O2. The number of hydrogen-bond acceptors (Lipinski definition) is 3. The van der Waals surface area contributed by atoms with Crippen molar-refractivity contribution in [2.45, 2.75) is 45.1 Å². The molecule has 116 valence electrons. The van der Waals surface area contributed by atoms with Crippen LogP contribution in [0.15, 0.2) is 18.2 Å². The van der Waals surface area contributed by atoms with E-state index in [0.29, 0.717) is 16.6 Å². The normalized spacial score (nSPS) is 16.6. The van der Waals surface area contributed by atoms with E-state index in [2.05, 4.69) is 10.6 Å². The van der Waals surface area contributed by atoms with Gasteiger partial charge in [-0.25, -0.2) is 4.79 Å². The van der Waals surface area contributed by atoms with Gasteiger partial charge >= 0.3 is 6.09 Å². The first kappa shape index (κ1) is 16.1. The molecule has 0 atom stereocenters. The number of carbonyl (C=O) groups excluding carboxylic acids is 1. The SMILES string of the molecule is CC(C)(C)OC(=O)Nc1cc(C2CCNCC2)ccc1Cl. The van der Waals surface area contributed by atoms with Gasteiger partial charge in [0.15, 0.2) is 0 Å². The van der Waals surface area contributed by atoms with Crippen molar-refractivity contribution < 1.29 is 9.53 Å². The number of benzene rings is 1. The number of halogens is 1. The van der Waals surface area contributed by atoms with Gasteiger partial charge in [-0.2, -0.15) is 0 Å². The van der Waals surface area contributed by atoms with Gasteiger partial charge in [-0.05, 0) is 70.3 Å². The Morgan fingerprint density at radius 1 is 1.33 bits per heavy atom. The minimum Gasteiger partial charge on any atom is -0.444 e. The average molecular weight is 311 g/mol. The molecule has 1 saturated heterocycles. The van der Waals surface area contributed by atoms with Crippen molar-refractivity contribution in [2.75, 3.05) is 18.4 Å². The fourth-order valence-corrected chi connectivity index (χ4v) is 2.63.